The van der Waals surface area contributed by atoms with E-state index in [-0.39, 0.29) is 11.3 Å². The summed E-state index contributed by atoms with van der Waals surface area (Å²) >= 11 is 0. The average Bonchev–Trinajstić information content (AvgIpc) is 2.86. The molecule has 2 aliphatic heterocycles. The zero-order chi connectivity index (χ0) is 15.7. The molecule has 1 aromatic rings. The van der Waals surface area contributed by atoms with E-state index in [1.54, 1.807) is 0 Å². The monoisotopic (exact) mass is 304 g/mol. The van der Waals surface area contributed by atoms with Crippen LogP contribution in [0.25, 0.3) is 0 Å². The molecule has 0 saturated carbocycles. The maximum absolute atomic E-state index is 12.7. The smallest absolute Gasteiger partial charge is 0.274 e. The number of nitrogens with one attached hydrogen (secondary N) is 2. The maximum atomic E-state index is 12.7. The van der Waals surface area contributed by atoms with Crippen LogP contribution in [0.3, 0.4) is 0 Å². The Morgan fingerprint density at radius 1 is 1.32 bits per heavy atom. The van der Waals surface area contributed by atoms with Gasteiger partial charge in [-0.1, -0.05) is 27.2 Å². The zero-order valence-electron chi connectivity index (χ0n) is 14.0. The van der Waals surface area contributed by atoms with Crippen molar-refractivity contribution >= 4 is 5.91 Å². The van der Waals surface area contributed by atoms with Crippen LogP contribution >= 0.6 is 0 Å². The second-order valence-electron chi connectivity index (χ2n) is 7.77. The van der Waals surface area contributed by atoms with Gasteiger partial charge in [0.1, 0.15) is 5.69 Å². The predicted molar refractivity (Wildman–Crippen MR) is 86.9 cm³/mol. The summed E-state index contributed by atoms with van der Waals surface area (Å²) < 4.78 is 0. The third-order valence-corrected chi connectivity index (χ3v) is 5.03. The number of amides is 1. The van der Waals surface area contributed by atoms with Crippen LogP contribution in [0.4, 0.5) is 0 Å². The summed E-state index contributed by atoms with van der Waals surface area (Å²) in [6, 6.07) is 2.51. The van der Waals surface area contributed by atoms with Crippen LogP contribution in [0.5, 0.6) is 0 Å². The minimum atomic E-state index is -0.0102. The second-order valence-corrected chi connectivity index (χ2v) is 7.77. The van der Waals surface area contributed by atoms with Crippen molar-refractivity contribution in [2.75, 3.05) is 19.6 Å². The molecular weight excluding hydrogens is 276 g/mol. The van der Waals surface area contributed by atoms with E-state index in [0.717, 1.165) is 31.7 Å². The van der Waals surface area contributed by atoms with Crippen molar-refractivity contribution in [3.8, 4) is 0 Å². The number of carbonyl (C=O) groups is 1. The Bertz CT molecular complexity index is 531. The first-order chi connectivity index (χ1) is 10.4. The summed E-state index contributed by atoms with van der Waals surface area (Å²) in [5, 5.41) is 10.9. The lowest BCUT2D eigenvalue weighted by molar-refractivity contribution is 0.0625. The summed E-state index contributed by atoms with van der Waals surface area (Å²) in [7, 11) is 0. The third kappa shape index (κ3) is 3.19. The highest BCUT2D eigenvalue weighted by Crippen LogP contribution is 2.26. The van der Waals surface area contributed by atoms with Gasteiger partial charge in [0.05, 0.1) is 0 Å². The molecule has 0 aromatic carbocycles. The number of carbonyl (C=O) groups excluding carboxylic acids is 1. The Balaban J connectivity index is 1.69. The van der Waals surface area contributed by atoms with E-state index in [0.29, 0.717) is 17.7 Å². The first kappa shape index (κ1) is 15.5. The molecule has 2 aliphatic rings. The number of aromatic nitrogens is 2. The van der Waals surface area contributed by atoms with Gasteiger partial charge < -0.3 is 10.2 Å². The number of fused-ring (bicyclic) bond motifs is 1. The van der Waals surface area contributed by atoms with Crippen LogP contribution in [-0.2, 0) is 5.41 Å². The van der Waals surface area contributed by atoms with Gasteiger partial charge in [-0.25, -0.2) is 0 Å². The van der Waals surface area contributed by atoms with Crippen LogP contribution in [0.15, 0.2) is 6.07 Å². The molecule has 3 heterocycles. The van der Waals surface area contributed by atoms with Gasteiger partial charge in [-0.05, 0) is 37.8 Å². The fourth-order valence-corrected chi connectivity index (χ4v) is 3.57. The molecule has 1 aromatic heterocycles. The zero-order valence-corrected chi connectivity index (χ0v) is 14.0. The molecule has 0 aliphatic carbocycles. The van der Waals surface area contributed by atoms with Gasteiger partial charge in [-0.15, -0.1) is 0 Å². The van der Waals surface area contributed by atoms with Gasteiger partial charge in [0.15, 0.2) is 0 Å². The fourth-order valence-electron chi connectivity index (χ4n) is 3.57. The van der Waals surface area contributed by atoms with Crippen molar-refractivity contribution in [2.24, 2.45) is 5.92 Å². The van der Waals surface area contributed by atoms with Crippen molar-refractivity contribution in [3.05, 3.63) is 17.5 Å². The van der Waals surface area contributed by atoms with E-state index in [4.69, 9.17) is 0 Å². The number of aromatic amines is 1. The van der Waals surface area contributed by atoms with Gasteiger partial charge in [0.2, 0.25) is 0 Å². The Morgan fingerprint density at radius 3 is 2.86 bits per heavy atom. The molecule has 22 heavy (non-hydrogen) atoms. The van der Waals surface area contributed by atoms with Crippen LogP contribution < -0.4 is 5.32 Å². The van der Waals surface area contributed by atoms with E-state index in [1.165, 1.54) is 19.3 Å². The van der Waals surface area contributed by atoms with Crippen molar-refractivity contribution < 1.29 is 4.79 Å². The number of rotatable bonds is 1. The second kappa shape index (κ2) is 6.03. The summed E-state index contributed by atoms with van der Waals surface area (Å²) in [5.41, 5.74) is 1.57. The van der Waals surface area contributed by atoms with E-state index in [2.05, 4.69) is 36.3 Å². The number of hydrogen-bond donors (Lipinski definition) is 2. The Labute approximate surface area is 132 Å². The Kier molecular flexibility index (Phi) is 4.26. The van der Waals surface area contributed by atoms with Gasteiger partial charge >= 0.3 is 0 Å². The molecular formula is C17H28N4O. The van der Waals surface area contributed by atoms with Gasteiger partial charge in [-0.3, -0.25) is 9.89 Å². The molecule has 2 saturated heterocycles. The standard InChI is InChI=1S/C17H28N4O/c1-17(2,3)15-10-14(19-20-15)16(22)21-9-7-13-12(11-21)6-4-5-8-18-13/h10,12-13,18H,4-9,11H2,1-3H3,(H,19,20)/t12-,13+/m0/s1. The van der Waals surface area contributed by atoms with Gasteiger partial charge in [-0.2, -0.15) is 5.10 Å². The normalized spacial score (nSPS) is 26.4. The SMILES string of the molecule is CC(C)(C)c1cc(C(=O)N2CC[C@H]3NCCCC[C@H]3C2)n[nH]1. The number of nitrogens with zero attached hydrogens (tertiary/aromatic N) is 2. The molecule has 5 nitrogen and oxygen atoms in total. The van der Waals surface area contributed by atoms with E-state index >= 15 is 0 Å². The van der Waals surface area contributed by atoms with Crippen LogP contribution in [0, 0.1) is 5.92 Å². The highest BCUT2D eigenvalue weighted by Gasteiger charge is 2.33. The van der Waals surface area contributed by atoms with Crippen LogP contribution in [-0.4, -0.2) is 46.7 Å². The maximum Gasteiger partial charge on any atom is 0.274 e. The highest BCUT2D eigenvalue weighted by atomic mass is 16.2. The quantitative estimate of drug-likeness (QED) is 0.837. The Hall–Kier alpha value is -1.36. The summed E-state index contributed by atoms with van der Waals surface area (Å²) in [4.78, 5) is 14.7. The third-order valence-electron chi connectivity index (χ3n) is 5.03. The number of likely N-dealkylation sites (tertiary alicyclic amines) is 1. The lowest BCUT2D eigenvalue weighted by atomic mass is 9.89. The number of piperidine rings is 1. The molecule has 2 N–H and O–H groups in total. The molecule has 1 amide bonds. The molecule has 5 heteroatoms. The molecule has 0 unspecified atom stereocenters. The first-order valence-electron chi connectivity index (χ1n) is 8.54. The lowest BCUT2D eigenvalue weighted by Crippen LogP contribution is -2.50. The summed E-state index contributed by atoms with van der Waals surface area (Å²) in [5.74, 6) is 0.677. The largest absolute Gasteiger partial charge is 0.337 e. The summed E-state index contributed by atoms with van der Waals surface area (Å²) in [6.45, 7) is 9.20. The highest BCUT2D eigenvalue weighted by molar-refractivity contribution is 5.92. The Morgan fingerprint density at radius 2 is 2.14 bits per heavy atom. The number of hydrogen-bond acceptors (Lipinski definition) is 3. The lowest BCUT2D eigenvalue weighted by Gasteiger charge is -2.37. The van der Waals surface area contributed by atoms with Crippen molar-refractivity contribution in [2.45, 2.75) is 57.9 Å². The van der Waals surface area contributed by atoms with Crippen molar-refractivity contribution in [3.63, 3.8) is 0 Å². The van der Waals surface area contributed by atoms with Gasteiger partial charge in [0, 0.05) is 30.2 Å². The molecule has 0 bridgehead atoms. The predicted octanol–water partition coefficient (Wildman–Crippen LogP) is 2.31. The molecule has 0 spiro atoms. The van der Waals surface area contributed by atoms with E-state index in [1.807, 2.05) is 11.0 Å². The van der Waals surface area contributed by atoms with E-state index in [9.17, 15) is 4.79 Å². The minimum absolute atomic E-state index is 0.0102. The van der Waals surface area contributed by atoms with Crippen LogP contribution in [0.1, 0.15) is 62.6 Å². The van der Waals surface area contributed by atoms with Crippen LogP contribution in [0.2, 0.25) is 0 Å². The van der Waals surface area contributed by atoms with E-state index < -0.39 is 0 Å². The average molecular weight is 304 g/mol. The first-order valence-corrected chi connectivity index (χ1v) is 8.54. The minimum Gasteiger partial charge on any atom is -0.337 e. The molecule has 0 radical (unpaired) electrons. The van der Waals surface area contributed by atoms with Crippen molar-refractivity contribution in [1.29, 1.82) is 0 Å². The topological polar surface area (TPSA) is 61.0 Å². The fraction of sp³-hybridized carbons (Fsp3) is 0.765. The molecule has 2 atom stereocenters. The summed E-state index contributed by atoms with van der Waals surface area (Å²) in [6.07, 6.45) is 4.82. The van der Waals surface area contributed by atoms with Gasteiger partial charge in [0.25, 0.3) is 5.91 Å². The van der Waals surface area contributed by atoms with Crippen molar-refractivity contribution in [1.82, 2.24) is 20.4 Å². The number of H-pyrrole nitrogens is 1. The molecule has 3 rings (SSSR count). The molecule has 2 fully saturated rings. The molecule has 122 valence electrons.